The van der Waals surface area contributed by atoms with Gasteiger partial charge in [0.15, 0.2) is 6.61 Å². The molecule has 0 heterocycles. The Balaban J connectivity index is 1.65. The molecule has 0 saturated carbocycles. The number of fused-ring (bicyclic) bond motifs is 1. The van der Waals surface area contributed by atoms with E-state index in [9.17, 15) is 9.59 Å². The van der Waals surface area contributed by atoms with E-state index in [2.05, 4.69) is 21.2 Å². The molecule has 0 aliphatic rings. The van der Waals surface area contributed by atoms with Crippen LogP contribution < -0.4 is 10.1 Å². The molecule has 5 nitrogen and oxygen atoms in total. The van der Waals surface area contributed by atoms with Gasteiger partial charge in [0.1, 0.15) is 11.8 Å². The number of carbonyl (C=O) groups is 2. The molecule has 0 aromatic heterocycles. The van der Waals surface area contributed by atoms with E-state index in [-0.39, 0.29) is 30.9 Å². The summed E-state index contributed by atoms with van der Waals surface area (Å²) in [7, 11) is 0. The molecule has 0 aliphatic carbocycles. The van der Waals surface area contributed by atoms with Crippen LogP contribution in [0.3, 0.4) is 0 Å². The fourth-order valence-corrected chi connectivity index (χ4v) is 5.43. The van der Waals surface area contributed by atoms with E-state index in [1.807, 2.05) is 80.6 Å². The van der Waals surface area contributed by atoms with Crippen molar-refractivity contribution in [2.45, 2.75) is 32.9 Å². The summed E-state index contributed by atoms with van der Waals surface area (Å²) in [6.07, 6.45) is 0.335. The summed E-state index contributed by atoms with van der Waals surface area (Å²) < 4.78 is 6.79. The normalized spacial score (nSPS) is 11.8. The zero-order chi connectivity index (χ0) is 28.6. The van der Waals surface area contributed by atoms with Gasteiger partial charge in [0, 0.05) is 29.6 Å². The number of nitrogens with one attached hydrogen (secondary N) is 1. The van der Waals surface area contributed by atoms with E-state index < -0.39 is 6.04 Å². The van der Waals surface area contributed by atoms with Crippen LogP contribution in [0, 0.1) is 5.92 Å². The second-order valence-corrected chi connectivity index (χ2v) is 11.6. The maximum Gasteiger partial charge on any atom is 0.261 e. The molecular formula is C32H31BrCl2N2O3. The lowest BCUT2D eigenvalue weighted by molar-refractivity contribution is -0.142. The van der Waals surface area contributed by atoms with Gasteiger partial charge < -0.3 is 15.0 Å². The zero-order valence-electron chi connectivity index (χ0n) is 22.4. The van der Waals surface area contributed by atoms with Gasteiger partial charge in [-0.2, -0.15) is 0 Å². The number of nitrogens with zero attached hydrogens (tertiary/aromatic N) is 1. The van der Waals surface area contributed by atoms with Gasteiger partial charge in [-0.05, 0) is 61.9 Å². The Labute approximate surface area is 253 Å². The van der Waals surface area contributed by atoms with Crippen molar-refractivity contribution in [2.75, 3.05) is 13.2 Å². The van der Waals surface area contributed by atoms with Gasteiger partial charge in [0.25, 0.3) is 5.91 Å². The quantitative estimate of drug-likeness (QED) is 0.183. The van der Waals surface area contributed by atoms with E-state index >= 15 is 0 Å². The lowest BCUT2D eigenvalue weighted by atomic mass is 10.0. The van der Waals surface area contributed by atoms with Crippen LogP contribution in [0.2, 0.25) is 10.0 Å². The van der Waals surface area contributed by atoms with E-state index in [1.54, 1.807) is 23.1 Å². The first-order valence-corrected chi connectivity index (χ1v) is 14.6. The van der Waals surface area contributed by atoms with Crippen molar-refractivity contribution < 1.29 is 14.3 Å². The third-order valence-corrected chi connectivity index (χ3v) is 7.90. The monoisotopic (exact) mass is 640 g/mol. The Bertz CT molecular complexity index is 1480. The van der Waals surface area contributed by atoms with Gasteiger partial charge in [0.2, 0.25) is 5.91 Å². The molecule has 0 aliphatic heterocycles. The first-order chi connectivity index (χ1) is 19.2. The van der Waals surface area contributed by atoms with Gasteiger partial charge in [0.05, 0.1) is 4.47 Å². The van der Waals surface area contributed by atoms with Crippen LogP contribution >= 0.6 is 39.1 Å². The number of rotatable bonds is 11. The molecule has 0 spiro atoms. The van der Waals surface area contributed by atoms with Gasteiger partial charge in [-0.3, -0.25) is 9.59 Å². The predicted octanol–water partition coefficient (Wildman–Crippen LogP) is 7.70. The number of benzene rings is 4. The Morgan fingerprint density at radius 1 is 0.950 bits per heavy atom. The van der Waals surface area contributed by atoms with Crippen LogP contribution in [0.25, 0.3) is 10.8 Å². The van der Waals surface area contributed by atoms with E-state index in [1.165, 1.54) is 0 Å². The largest absolute Gasteiger partial charge is 0.483 e. The molecule has 0 radical (unpaired) electrons. The minimum absolute atomic E-state index is 0.115. The molecule has 0 bridgehead atoms. The standard InChI is InChI=1S/C32H31BrCl2N2O3/c1-21(2)18-36-32(39)28(16-22-8-4-3-5-9-22)37(19-24-12-14-25(34)17-27(24)35)30(38)20-40-29-15-13-23-10-6-7-11-26(23)31(29)33/h3-15,17,21,28H,16,18-20H2,1-2H3,(H,36,39). The second kappa shape index (κ2) is 14.0. The van der Waals surface area contributed by atoms with Crippen molar-refractivity contribution in [3.05, 3.63) is 111 Å². The summed E-state index contributed by atoms with van der Waals surface area (Å²) in [4.78, 5) is 29.0. The summed E-state index contributed by atoms with van der Waals surface area (Å²) in [5.41, 5.74) is 1.62. The first-order valence-electron chi connectivity index (χ1n) is 13.1. The number of hydrogen-bond acceptors (Lipinski definition) is 3. The third kappa shape index (κ3) is 7.78. The zero-order valence-corrected chi connectivity index (χ0v) is 25.5. The molecule has 1 N–H and O–H groups in total. The number of carbonyl (C=O) groups excluding carboxylic acids is 2. The molecule has 1 atom stereocenters. The molecule has 40 heavy (non-hydrogen) atoms. The van der Waals surface area contributed by atoms with Crippen LogP contribution in [0.15, 0.2) is 89.4 Å². The third-order valence-electron chi connectivity index (χ3n) is 6.49. The Morgan fingerprint density at radius 3 is 2.40 bits per heavy atom. The molecule has 0 saturated heterocycles. The molecule has 2 amide bonds. The van der Waals surface area contributed by atoms with Crippen molar-refractivity contribution >= 4 is 61.7 Å². The van der Waals surface area contributed by atoms with Gasteiger partial charge in [-0.1, -0.05) is 104 Å². The fraction of sp³-hybridized carbons (Fsp3) is 0.250. The second-order valence-electron chi connectivity index (χ2n) is 9.99. The summed E-state index contributed by atoms with van der Waals surface area (Å²) in [6, 6.07) is 25.7. The van der Waals surface area contributed by atoms with Crippen LogP contribution in [0.5, 0.6) is 5.75 Å². The molecule has 208 valence electrons. The predicted molar refractivity (Wildman–Crippen MR) is 166 cm³/mol. The summed E-state index contributed by atoms with van der Waals surface area (Å²) in [5.74, 6) is 0.222. The van der Waals surface area contributed by atoms with Crippen molar-refractivity contribution in [1.29, 1.82) is 0 Å². The Kier molecular flexibility index (Phi) is 10.5. The average molecular weight is 642 g/mol. The molecule has 4 aromatic rings. The van der Waals surface area contributed by atoms with Crippen LogP contribution in [0.1, 0.15) is 25.0 Å². The Hall–Kier alpha value is -3.06. The van der Waals surface area contributed by atoms with Gasteiger partial charge in [-0.15, -0.1) is 0 Å². The lowest BCUT2D eigenvalue weighted by Crippen LogP contribution is -2.52. The highest BCUT2D eigenvalue weighted by atomic mass is 79.9. The van der Waals surface area contributed by atoms with Crippen LogP contribution in [-0.4, -0.2) is 35.9 Å². The molecular weight excluding hydrogens is 611 g/mol. The van der Waals surface area contributed by atoms with Gasteiger partial charge >= 0.3 is 0 Å². The minimum Gasteiger partial charge on any atom is -0.483 e. The van der Waals surface area contributed by atoms with E-state index in [4.69, 9.17) is 27.9 Å². The topological polar surface area (TPSA) is 58.6 Å². The van der Waals surface area contributed by atoms with E-state index in [0.29, 0.717) is 34.3 Å². The van der Waals surface area contributed by atoms with Gasteiger partial charge in [-0.25, -0.2) is 0 Å². The van der Waals surface area contributed by atoms with Crippen molar-refractivity contribution in [1.82, 2.24) is 10.2 Å². The highest BCUT2D eigenvalue weighted by Crippen LogP contribution is 2.33. The molecule has 1 unspecified atom stereocenters. The van der Waals surface area contributed by atoms with Crippen molar-refractivity contribution in [3.8, 4) is 5.75 Å². The van der Waals surface area contributed by atoms with Crippen molar-refractivity contribution in [2.24, 2.45) is 5.92 Å². The molecule has 4 aromatic carbocycles. The molecule has 8 heteroatoms. The first kappa shape index (κ1) is 29.9. The fourth-order valence-electron chi connectivity index (χ4n) is 4.36. The smallest absolute Gasteiger partial charge is 0.261 e. The highest BCUT2D eigenvalue weighted by molar-refractivity contribution is 9.10. The maximum absolute atomic E-state index is 13.9. The number of halogens is 3. The molecule has 4 rings (SSSR count). The summed E-state index contributed by atoms with van der Waals surface area (Å²) in [5, 5.41) is 5.96. The SMILES string of the molecule is CC(C)CNC(=O)C(Cc1ccccc1)N(Cc1ccc(Cl)cc1Cl)C(=O)COc1ccc2ccccc2c1Br. The number of amides is 2. The maximum atomic E-state index is 13.9. The lowest BCUT2D eigenvalue weighted by Gasteiger charge is -2.32. The summed E-state index contributed by atoms with van der Waals surface area (Å²) >= 11 is 16.3. The van der Waals surface area contributed by atoms with Crippen molar-refractivity contribution in [3.63, 3.8) is 0 Å². The minimum atomic E-state index is -0.788. The highest BCUT2D eigenvalue weighted by Gasteiger charge is 2.31. The Morgan fingerprint density at radius 2 is 1.68 bits per heavy atom. The number of ether oxygens (including phenoxy) is 1. The summed E-state index contributed by atoms with van der Waals surface area (Å²) in [6.45, 7) is 4.40. The van der Waals surface area contributed by atoms with E-state index in [0.717, 1.165) is 20.8 Å². The number of hydrogen-bond donors (Lipinski definition) is 1. The average Bonchev–Trinajstić information content (AvgIpc) is 2.94. The van der Waals surface area contributed by atoms with Crippen LogP contribution in [-0.2, 0) is 22.6 Å². The molecule has 0 fully saturated rings. The van der Waals surface area contributed by atoms with Crippen LogP contribution in [0.4, 0.5) is 0 Å².